The van der Waals surface area contributed by atoms with Crippen molar-refractivity contribution in [2.45, 2.75) is 19.0 Å². The van der Waals surface area contributed by atoms with E-state index in [0.717, 1.165) is 0 Å². The van der Waals surface area contributed by atoms with Crippen LogP contribution in [0.1, 0.15) is 24.0 Å². The van der Waals surface area contributed by atoms with Gasteiger partial charge in [-0.15, -0.1) is 0 Å². The molecule has 16 heavy (non-hydrogen) atoms. The monoisotopic (exact) mass is 227 g/mol. The lowest BCUT2D eigenvalue weighted by molar-refractivity contribution is 0.0390. The third-order valence-corrected chi connectivity index (χ3v) is 2.41. The number of halogens is 2. The van der Waals surface area contributed by atoms with Crippen LogP contribution in [0, 0.1) is 0 Å². The topological polar surface area (TPSA) is 41.8 Å². The van der Waals surface area contributed by atoms with Crippen molar-refractivity contribution in [1.82, 2.24) is 0 Å². The lowest BCUT2D eigenvalue weighted by atomic mass is 10.0. The van der Waals surface area contributed by atoms with Crippen molar-refractivity contribution in [3.05, 3.63) is 35.4 Å². The van der Waals surface area contributed by atoms with E-state index in [4.69, 9.17) is 9.94 Å². The summed E-state index contributed by atoms with van der Waals surface area (Å²) in [6, 6.07) is 6.03. The minimum absolute atomic E-state index is 0.0346. The Balaban J connectivity index is 2.19. The van der Waals surface area contributed by atoms with Crippen LogP contribution in [0.25, 0.3) is 0 Å². The highest BCUT2D eigenvalue weighted by molar-refractivity contribution is 6.01. The van der Waals surface area contributed by atoms with E-state index in [2.05, 4.69) is 5.16 Å². The number of alkyl halides is 2. The number of aliphatic hydroxyl groups is 1. The summed E-state index contributed by atoms with van der Waals surface area (Å²) >= 11 is 0. The Kier molecular flexibility index (Phi) is 3.14. The van der Waals surface area contributed by atoms with Crippen LogP contribution in [0.2, 0.25) is 0 Å². The Morgan fingerprint density at radius 2 is 2.31 bits per heavy atom. The summed E-state index contributed by atoms with van der Waals surface area (Å²) in [6.07, 6.45) is -2.40. The Morgan fingerprint density at radius 3 is 2.94 bits per heavy atom. The van der Waals surface area contributed by atoms with Gasteiger partial charge in [0, 0.05) is 12.0 Å². The highest BCUT2D eigenvalue weighted by Crippen LogP contribution is 2.22. The molecule has 0 bridgehead atoms. The molecular formula is C11H11F2NO2. The van der Waals surface area contributed by atoms with E-state index in [1.54, 1.807) is 12.1 Å². The first kappa shape index (κ1) is 11.0. The Morgan fingerprint density at radius 1 is 1.50 bits per heavy atom. The van der Waals surface area contributed by atoms with Gasteiger partial charge in [0.1, 0.15) is 0 Å². The first-order valence-electron chi connectivity index (χ1n) is 4.92. The summed E-state index contributed by atoms with van der Waals surface area (Å²) in [5.41, 5.74) is 1.18. The number of hydrogen-bond acceptors (Lipinski definition) is 3. The normalized spacial score (nSPS) is 19.8. The fourth-order valence-electron chi connectivity index (χ4n) is 1.55. The van der Waals surface area contributed by atoms with Crippen molar-refractivity contribution in [3.8, 4) is 0 Å². The molecule has 86 valence electrons. The molecule has 0 aliphatic carbocycles. The molecule has 1 N–H and O–H groups in total. The third kappa shape index (κ3) is 2.19. The predicted octanol–water partition coefficient (Wildman–Crippen LogP) is 2.11. The first-order valence-corrected chi connectivity index (χ1v) is 4.92. The van der Waals surface area contributed by atoms with Gasteiger partial charge in [-0.3, -0.25) is 0 Å². The molecule has 0 amide bonds. The maximum absolute atomic E-state index is 12.5. The maximum Gasteiger partial charge on any atom is 0.263 e. The number of aliphatic hydroxyl groups excluding tert-OH is 1. The van der Waals surface area contributed by atoms with E-state index in [-0.39, 0.29) is 18.3 Å². The largest absolute Gasteiger partial charge is 0.392 e. The molecule has 0 radical (unpaired) electrons. The third-order valence-electron chi connectivity index (χ3n) is 2.41. The standard InChI is InChI=1S/C11H11F2NO2/c12-11(13)8-3-1-2-7(4-8)10-5-9(6-15)16-14-10/h1-4,9,11,15H,5-6H2. The van der Waals surface area contributed by atoms with E-state index in [1.165, 1.54) is 12.1 Å². The zero-order chi connectivity index (χ0) is 11.5. The first-order chi connectivity index (χ1) is 7.70. The van der Waals surface area contributed by atoms with E-state index >= 15 is 0 Å². The van der Waals surface area contributed by atoms with E-state index in [0.29, 0.717) is 17.7 Å². The fourth-order valence-corrected chi connectivity index (χ4v) is 1.55. The second-order valence-electron chi connectivity index (χ2n) is 3.58. The average molecular weight is 227 g/mol. The van der Waals surface area contributed by atoms with Crippen molar-refractivity contribution >= 4 is 5.71 Å². The second-order valence-corrected chi connectivity index (χ2v) is 3.58. The van der Waals surface area contributed by atoms with Crippen molar-refractivity contribution in [2.24, 2.45) is 5.16 Å². The summed E-state index contributed by atoms with van der Waals surface area (Å²) < 4.78 is 24.9. The van der Waals surface area contributed by atoms with Gasteiger partial charge in [0.2, 0.25) is 0 Å². The summed E-state index contributed by atoms with van der Waals surface area (Å²) in [5, 5.41) is 12.6. The molecular weight excluding hydrogens is 216 g/mol. The fraction of sp³-hybridized carbons (Fsp3) is 0.364. The van der Waals surface area contributed by atoms with E-state index in [9.17, 15) is 8.78 Å². The number of benzene rings is 1. The molecule has 0 saturated carbocycles. The SMILES string of the molecule is OCC1CC(c2cccc(C(F)F)c2)=NO1. The highest BCUT2D eigenvalue weighted by Gasteiger charge is 2.21. The summed E-state index contributed by atoms with van der Waals surface area (Å²) in [6.45, 7) is -0.123. The van der Waals surface area contributed by atoms with Crippen molar-refractivity contribution in [2.75, 3.05) is 6.61 Å². The molecule has 0 fully saturated rings. The van der Waals surface area contributed by atoms with Gasteiger partial charge >= 0.3 is 0 Å². The maximum atomic E-state index is 12.5. The lowest BCUT2D eigenvalue weighted by Crippen LogP contribution is -2.12. The van der Waals surface area contributed by atoms with Crippen LogP contribution in [0.3, 0.4) is 0 Å². The zero-order valence-corrected chi connectivity index (χ0v) is 8.44. The van der Waals surface area contributed by atoms with Gasteiger partial charge in [0.05, 0.1) is 12.3 Å². The predicted molar refractivity (Wildman–Crippen MR) is 54.5 cm³/mol. The molecule has 0 spiro atoms. The lowest BCUT2D eigenvalue weighted by Gasteiger charge is -2.03. The van der Waals surface area contributed by atoms with Crippen LogP contribution in [0.15, 0.2) is 29.4 Å². The molecule has 1 heterocycles. The van der Waals surface area contributed by atoms with Crippen LogP contribution >= 0.6 is 0 Å². The van der Waals surface area contributed by atoms with Gasteiger partial charge in [-0.1, -0.05) is 23.4 Å². The van der Waals surface area contributed by atoms with Crippen LogP contribution in [0.4, 0.5) is 8.78 Å². The molecule has 1 aromatic carbocycles. The van der Waals surface area contributed by atoms with Crippen LogP contribution < -0.4 is 0 Å². The quantitative estimate of drug-likeness (QED) is 0.859. The zero-order valence-electron chi connectivity index (χ0n) is 8.44. The summed E-state index contributed by atoms with van der Waals surface area (Å²) in [4.78, 5) is 4.92. The summed E-state index contributed by atoms with van der Waals surface area (Å²) in [5.74, 6) is 0. The van der Waals surface area contributed by atoms with E-state index < -0.39 is 6.43 Å². The number of oxime groups is 1. The molecule has 2 rings (SSSR count). The number of hydrogen-bond donors (Lipinski definition) is 1. The minimum Gasteiger partial charge on any atom is -0.392 e. The van der Waals surface area contributed by atoms with Crippen molar-refractivity contribution < 1.29 is 18.7 Å². The van der Waals surface area contributed by atoms with Gasteiger partial charge in [0.15, 0.2) is 6.10 Å². The molecule has 0 aromatic heterocycles. The van der Waals surface area contributed by atoms with Gasteiger partial charge in [-0.2, -0.15) is 0 Å². The van der Waals surface area contributed by atoms with Crippen LogP contribution in [-0.4, -0.2) is 23.5 Å². The van der Waals surface area contributed by atoms with Crippen LogP contribution in [-0.2, 0) is 4.84 Å². The van der Waals surface area contributed by atoms with Crippen molar-refractivity contribution in [1.29, 1.82) is 0 Å². The molecule has 1 unspecified atom stereocenters. The van der Waals surface area contributed by atoms with Gasteiger partial charge in [-0.25, -0.2) is 8.78 Å². The van der Waals surface area contributed by atoms with Gasteiger partial charge in [-0.05, 0) is 11.6 Å². The summed E-state index contributed by atoms with van der Waals surface area (Å²) in [7, 11) is 0. The molecule has 1 aliphatic heterocycles. The molecule has 1 aromatic rings. The Hall–Kier alpha value is -1.49. The van der Waals surface area contributed by atoms with Gasteiger partial charge < -0.3 is 9.94 Å². The highest BCUT2D eigenvalue weighted by atomic mass is 19.3. The Labute approximate surface area is 91.3 Å². The minimum atomic E-state index is -2.49. The smallest absolute Gasteiger partial charge is 0.263 e. The molecule has 5 heteroatoms. The molecule has 3 nitrogen and oxygen atoms in total. The van der Waals surface area contributed by atoms with Crippen molar-refractivity contribution in [3.63, 3.8) is 0 Å². The Bertz CT molecular complexity index is 407. The van der Waals surface area contributed by atoms with E-state index in [1.807, 2.05) is 0 Å². The average Bonchev–Trinajstić information content (AvgIpc) is 2.77. The number of nitrogens with zero attached hydrogens (tertiary/aromatic N) is 1. The molecule has 0 saturated heterocycles. The number of rotatable bonds is 3. The molecule has 1 atom stereocenters. The van der Waals surface area contributed by atoms with Crippen LogP contribution in [0.5, 0.6) is 0 Å². The van der Waals surface area contributed by atoms with Gasteiger partial charge in [0.25, 0.3) is 6.43 Å². The molecule has 1 aliphatic rings. The second kappa shape index (κ2) is 4.57.